The molecule has 7 heteroatoms. The van der Waals surface area contributed by atoms with Crippen LogP contribution in [0, 0.1) is 12.7 Å². The van der Waals surface area contributed by atoms with Crippen LogP contribution in [-0.4, -0.2) is 55.7 Å². The Morgan fingerprint density at radius 1 is 1.07 bits per heavy atom. The number of amides is 1. The van der Waals surface area contributed by atoms with Gasteiger partial charge >= 0.3 is 5.97 Å². The molecule has 0 radical (unpaired) electrons. The maximum absolute atomic E-state index is 13.9. The van der Waals surface area contributed by atoms with Crippen molar-refractivity contribution in [1.82, 2.24) is 4.90 Å². The SMILES string of the molecule is Cc1cccc(O[C@H](C)C(=O)OCC(=O)N2CCN(c3ccccc3F)CC2)c1. The lowest BCUT2D eigenvalue weighted by molar-refractivity contribution is -0.157. The van der Waals surface area contributed by atoms with E-state index in [2.05, 4.69) is 0 Å². The van der Waals surface area contributed by atoms with Crippen LogP contribution in [0.25, 0.3) is 0 Å². The van der Waals surface area contributed by atoms with E-state index in [0.29, 0.717) is 37.6 Å². The molecule has 2 aromatic carbocycles. The first kappa shape index (κ1) is 20.6. The van der Waals surface area contributed by atoms with Crippen LogP contribution in [0.15, 0.2) is 48.5 Å². The van der Waals surface area contributed by atoms with Crippen molar-refractivity contribution in [2.45, 2.75) is 20.0 Å². The molecule has 1 aliphatic rings. The number of halogens is 1. The van der Waals surface area contributed by atoms with Gasteiger partial charge in [-0.15, -0.1) is 0 Å². The number of esters is 1. The third-order valence-corrected chi connectivity index (χ3v) is 4.80. The number of hydrogen-bond donors (Lipinski definition) is 0. The molecule has 1 amide bonds. The molecule has 0 N–H and O–H groups in total. The fourth-order valence-electron chi connectivity index (χ4n) is 3.19. The molecule has 0 saturated carbocycles. The van der Waals surface area contributed by atoms with E-state index in [1.165, 1.54) is 6.07 Å². The molecule has 0 unspecified atom stereocenters. The summed E-state index contributed by atoms with van der Waals surface area (Å²) in [4.78, 5) is 28.0. The maximum atomic E-state index is 13.9. The minimum absolute atomic E-state index is 0.269. The molecule has 0 aromatic heterocycles. The van der Waals surface area contributed by atoms with E-state index < -0.39 is 12.1 Å². The van der Waals surface area contributed by atoms with Gasteiger partial charge in [-0.3, -0.25) is 4.79 Å². The third kappa shape index (κ3) is 5.47. The molecule has 2 aromatic rings. The minimum atomic E-state index is -0.817. The lowest BCUT2D eigenvalue weighted by Crippen LogP contribution is -2.50. The molecule has 154 valence electrons. The normalized spacial score (nSPS) is 15.0. The summed E-state index contributed by atoms with van der Waals surface area (Å²) in [6.45, 7) is 5.12. The first-order chi connectivity index (χ1) is 13.9. The summed E-state index contributed by atoms with van der Waals surface area (Å²) in [7, 11) is 0. The van der Waals surface area contributed by atoms with Crippen LogP contribution in [0.2, 0.25) is 0 Å². The van der Waals surface area contributed by atoms with Gasteiger partial charge in [0, 0.05) is 26.2 Å². The zero-order valence-corrected chi connectivity index (χ0v) is 16.6. The number of benzene rings is 2. The van der Waals surface area contributed by atoms with Crippen LogP contribution in [0.5, 0.6) is 5.75 Å². The van der Waals surface area contributed by atoms with Crippen molar-refractivity contribution in [2.24, 2.45) is 0 Å². The molecular formula is C22H25FN2O4. The predicted molar refractivity (Wildman–Crippen MR) is 107 cm³/mol. The second-order valence-electron chi connectivity index (χ2n) is 7.00. The molecule has 1 atom stereocenters. The van der Waals surface area contributed by atoms with Crippen LogP contribution < -0.4 is 9.64 Å². The molecule has 29 heavy (non-hydrogen) atoms. The number of piperazine rings is 1. The molecule has 0 bridgehead atoms. The maximum Gasteiger partial charge on any atom is 0.347 e. The van der Waals surface area contributed by atoms with Crippen molar-refractivity contribution in [3.05, 3.63) is 59.9 Å². The van der Waals surface area contributed by atoms with Crippen molar-refractivity contribution in [1.29, 1.82) is 0 Å². The molecule has 1 saturated heterocycles. The van der Waals surface area contributed by atoms with Crippen LogP contribution in [0.1, 0.15) is 12.5 Å². The van der Waals surface area contributed by atoms with Gasteiger partial charge in [-0.1, -0.05) is 24.3 Å². The van der Waals surface area contributed by atoms with Gasteiger partial charge < -0.3 is 19.3 Å². The summed E-state index contributed by atoms with van der Waals surface area (Å²) < 4.78 is 24.6. The van der Waals surface area contributed by atoms with E-state index in [9.17, 15) is 14.0 Å². The van der Waals surface area contributed by atoms with Gasteiger partial charge in [0.1, 0.15) is 11.6 Å². The van der Waals surface area contributed by atoms with Crippen molar-refractivity contribution in [2.75, 3.05) is 37.7 Å². The van der Waals surface area contributed by atoms with Gasteiger partial charge in [0.2, 0.25) is 0 Å². The summed E-state index contributed by atoms with van der Waals surface area (Å²) in [6.07, 6.45) is -0.817. The van der Waals surface area contributed by atoms with Gasteiger partial charge in [-0.05, 0) is 43.7 Å². The number of ether oxygens (including phenoxy) is 2. The van der Waals surface area contributed by atoms with E-state index in [4.69, 9.17) is 9.47 Å². The number of aryl methyl sites for hydroxylation is 1. The zero-order chi connectivity index (χ0) is 20.8. The highest BCUT2D eigenvalue weighted by molar-refractivity contribution is 5.82. The third-order valence-electron chi connectivity index (χ3n) is 4.80. The molecular weight excluding hydrogens is 375 g/mol. The number of carbonyl (C=O) groups excluding carboxylic acids is 2. The van der Waals surface area contributed by atoms with Crippen molar-refractivity contribution in [3.63, 3.8) is 0 Å². The Hall–Kier alpha value is -3.09. The Bertz CT molecular complexity index is 865. The summed E-state index contributed by atoms with van der Waals surface area (Å²) in [6, 6.07) is 13.9. The lowest BCUT2D eigenvalue weighted by Gasteiger charge is -2.36. The van der Waals surface area contributed by atoms with Crippen molar-refractivity contribution >= 4 is 17.6 Å². The Morgan fingerprint density at radius 3 is 2.48 bits per heavy atom. The van der Waals surface area contributed by atoms with E-state index in [0.717, 1.165) is 5.56 Å². The zero-order valence-electron chi connectivity index (χ0n) is 16.6. The summed E-state index contributed by atoms with van der Waals surface area (Å²) in [5.41, 5.74) is 1.56. The molecule has 0 spiro atoms. The topological polar surface area (TPSA) is 59.1 Å². The average Bonchev–Trinajstić information content (AvgIpc) is 2.72. The van der Waals surface area contributed by atoms with E-state index in [1.807, 2.05) is 30.0 Å². The monoisotopic (exact) mass is 400 g/mol. The molecule has 1 aliphatic heterocycles. The number of hydrogen-bond acceptors (Lipinski definition) is 5. The van der Waals surface area contributed by atoms with Crippen molar-refractivity contribution in [3.8, 4) is 5.75 Å². The molecule has 3 rings (SSSR count). The first-order valence-electron chi connectivity index (χ1n) is 9.61. The lowest BCUT2D eigenvalue weighted by atomic mass is 10.2. The molecule has 0 aliphatic carbocycles. The number of carbonyl (C=O) groups is 2. The number of rotatable bonds is 6. The average molecular weight is 400 g/mol. The largest absolute Gasteiger partial charge is 0.479 e. The quantitative estimate of drug-likeness (QED) is 0.698. The standard InChI is InChI=1S/C22H25FN2O4/c1-16-6-5-7-18(14-16)29-17(2)22(27)28-15-21(26)25-12-10-24(11-13-25)20-9-4-3-8-19(20)23/h3-9,14,17H,10-13,15H2,1-2H3/t17-/m1/s1. The molecule has 1 heterocycles. The summed E-state index contributed by atoms with van der Waals surface area (Å²) in [5, 5.41) is 0. The predicted octanol–water partition coefficient (Wildman–Crippen LogP) is 2.79. The van der Waals surface area contributed by atoms with Gasteiger partial charge in [0.25, 0.3) is 5.91 Å². The highest BCUT2D eigenvalue weighted by Crippen LogP contribution is 2.20. The summed E-state index contributed by atoms with van der Waals surface area (Å²) >= 11 is 0. The Morgan fingerprint density at radius 2 is 1.79 bits per heavy atom. The Kier molecular flexibility index (Phi) is 6.69. The second kappa shape index (κ2) is 9.41. The summed E-state index contributed by atoms with van der Waals surface area (Å²) in [5.74, 6) is -0.562. The number of para-hydroxylation sites is 1. The highest BCUT2D eigenvalue weighted by atomic mass is 19.1. The smallest absolute Gasteiger partial charge is 0.347 e. The van der Waals surface area contributed by atoms with Gasteiger partial charge in [0.15, 0.2) is 12.7 Å². The molecule has 6 nitrogen and oxygen atoms in total. The first-order valence-corrected chi connectivity index (χ1v) is 9.61. The van der Waals surface area contributed by atoms with Crippen LogP contribution >= 0.6 is 0 Å². The highest BCUT2D eigenvalue weighted by Gasteiger charge is 2.24. The van der Waals surface area contributed by atoms with Crippen LogP contribution in [0.3, 0.4) is 0 Å². The Labute approximate surface area is 169 Å². The minimum Gasteiger partial charge on any atom is -0.479 e. The second-order valence-corrected chi connectivity index (χ2v) is 7.00. The fraction of sp³-hybridized carbons (Fsp3) is 0.364. The fourth-order valence-corrected chi connectivity index (χ4v) is 3.19. The molecule has 1 fully saturated rings. The van der Waals surface area contributed by atoms with Crippen LogP contribution in [0.4, 0.5) is 10.1 Å². The number of anilines is 1. The number of nitrogens with zero attached hydrogens (tertiary/aromatic N) is 2. The van der Waals surface area contributed by atoms with Gasteiger partial charge in [0.05, 0.1) is 5.69 Å². The van der Waals surface area contributed by atoms with Gasteiger partial charge in [-0.25, -0.2) is 9.18 Å². The van der Waals surface area contributed by atoms with E-state index in [-0.39, 0.29) is 18.3 Å². The van der Waals surface area contributed by atoms with E-state index in [1.54, 1.807) is 36.1 Å². The Balaban J connectivity index is 1.44. The van der Waals surface area contributed by atoms with Crippen LogP contribution in [-0.2, 0) is 14.3 Å². The van der Waals surface area contributed by atoms with Gasteiger partial charge in [-0.2, -0.15) is 0 Å². The van der Waals surface area contributed by atoms with Crippen molar-refractivity contribution < 1.29 is 23.5 Å². The van der Waals surface area contributed by atoms with E-state index >= 15 is 0 Å².